The summed E-state index contributed by atoms with van der Waals surface area (Å²) in [4.78, 5) is -0.295. The molecule has 0 aromatic heterocycles. The Morgan fingerprint density at radius 2 is 2.00 bits per heavy atom. The molecule has 10 heteroatoms. The van der Waals surface area contributed by atoms with Crippen LogP contribution in [0, 0.1) is 0 Å². The van der Waals surface area contributed by atoms with E-state index in [-0.39, 0.29) is 39.8 Å². The fourth-order valence-corrected chi connectivity index (χ4v) is 4.47. The van der Waals surface area contributed by atoms with Gasteiger partial charge in [0.15, 0.2) is 9.84 Å². The molecule has 6 nitrogen and oxygen atoms in total. The van der Waals surface area contributed by atoms with E-state index in [1.54, 1.807) is 0 Å². The molecule has 0 aliphatic carbocycles. The Kier molecular flexibility index (Phi) is 6.67. The first-order valence-electron chi connectivity index (χ1n) is 6.43. The van der Waals surface area contributed by atoms with Crippen LogP contribution in [-0.4, -0.2) is 42.2 Å². The quantitative estimate of drug-likeness (QED) is 0.790. The van der Waals surface area contributed by atoms with Gasteiger partial charge in [0.1, 0.15) is 4.90 Å². The summed E-state index contributed by atoms with van der Waals surface area (Å²) < 4.78 is 50.1. The van der Waals surface area contributed by atoms with Gasteiger partial charge in [0, 0.05) is 18.8 Å². The standard InChI is InChI=1S/C12H17ClN2O4S2.ClH/c1-20(16,17)10-4-5-11(13)12(7-10)21(18,19)15-8-9-3-2-6-14-9;/h4-5,7,9,14-15H,2-3,6,8H2,1H3;1H. The normalized spacial score (nSPS) is 18.9. The van der Waals surface area contributed by atoms with Crippen molar-refractivity contribution in [2.45, 2.75) is 28.7 Å². The lowest BCUT2D eigenvalue weighted by Crippen LogP contribution is -2.37. The van der Waals surface area contributed by atoms with Crippen LogP contribution in [0.4, 0.5) is 0 Å². The van der Waals surface area contributed by atoms with Gasteiger partial charge in [-0.15, -0.1) is 12.4 Å². The molecule has 1 unspecified atom stereocenters. The van der Waals surface area contributed by atoms with Crippen LogP contribution in [-0.2, 0) is 19.9 Å². The highest BCUT2D eigenvalue weighted by Gasteiger charge is 2.23. The van der Waals surface area contributed by atoms with Gasteiger partial charge in [-0.05, 0) is 37.6 Å². The number of hydrogen-bond acceptors (Lipinski definition) is 5. The Labute approximate surface area is 142 Å². The third-order valence-electron chi connectivity index (χ3n) is 3.30. The number of sulfone groups is 1. The lowest BCUT2D eigenvalue weighted by molar-refractivity contribution is 0.551. The number of halogens is 2. The minimum atomic E-state index is -3.85. The highest BCUT2D eigenvalue weighted by Crippen LogP contribution is 2.24. The molecule has 1 heterocycles. The van der Waals surface area contributed by atoms with Gasteiger partial charge in [0.25, 0.3) is 0 Å². The predicted molar refractivity (Wildman–Crippen MR) is 88.0 cm³/mol. The lowest BCUT2D eigenvalue weighted by Gasteiger charge is -2.13. The average molecular weight is 389 g/mol. The van der Waals surface area contributed by atoms with Crippen molar-refractivity contribution in [3.8, 4) is 0 Å². The summed E-state index contributed by atoms with van der Waals surface area (Å²) in [5, 5.41) is 3.17. The van der Waals surface area contributed by atoms with Gasteiger partial charge in [0.2, 0.25) is 10.0 Å². The number of benzene rings is 1. The average Bonchev–Trinajstić information content (AvgIpc) is 2.88. The van der Waals surface area contributed by atoms with Gasteiger partial charge < -0.3 is 5.32 Å². The third kappa shape index (κ3) is 4.81. The third-order valence-corrected chi connectivity index (χ3v) is 6.32. The van der Waals surface area contributed by atoms with Gasteiger partial charge in [-0.1, -0.05) is 11.6 Å². The molecule has 2 rings (SSSR count). The van der Waals surface area contributed by atoms with E-state index >= 15 is 0 Å². The largest absolute Gasteiger partial charge is 0.313 e. The second-order valence-electron chi connectivity index (χ2n) is 5.01. The molecule has 0 spiro atoms. The minimum absolute atomic E-state index is 0. The summed E-state index contributed by atoms with van der Waals surface area (Å²) in [5.41, 5.74) is 0. The molecule has 0 bridgehead atoms. The van der Waals surface area contributed by atoms with Crippen molar-refractivity contribution >= 4 is 43.9 Å². The first kappa shape index (κ1) is 19.7. The Bertz CT molecular complexity index is 729. The molecule has 1 aromatic rings. The lowest BCUT2D eigenvalue weighted by atomic mass is 10.2. The maximum atomic E-state index is 12.3. The Hall–Kier alpha value is -0.380. The Morgan fingerprint density at radius 3 is 2.55 bits per heavy atom. The summed E-state index contributed by atoms with van der Waals surface area (Å²) in [6, 6.07) is 3.74. The van der Waals surface area contributed by atoms with Crippen molar-refractivity contribution in [2.24, 2.45) is 0 Å². The fraction of sp³-hybridized carbons (Fsp3) is 0.500. The van der Waals surface area contributed by atoms with Crippen LogP contribution in [0.3, 0.4) is 0 Å². The molecule has 126 valence electrons. The molecular formula is C12H18Cl2N2O4S2. The molecule has 1 aliphatic heterocycles. The van der Waals surface area contributed by atoms with Crippen LogP contribution in [0.1, 0.15) is 12.8 Å². The number of rotatable bonds is 5. The highest BCUT2D eigenvalue weighted by atomic mass is 35.5. The van der Waals surface area contributed by atoms with Crippen LogP contribution in [0.5, 0.6) is 0 Å². The maximum Gasteiger partial charge on any atom is 0.242 e. The SMILES string of the molecule is CS(=O)(=O)c1ccc(Cl)c(S(=O)(=O)NCC2CCCN2)c1.Cl. The molecule has 22 heavy (non-hydrogen) atoms. The summed E-state index contributed by atoms with van der Waals surface area (Å²) in [7, 11) is -7.34. The van der Waals surface area contributed by atoms with E-state index < -0.39 is 19.9 Å². The summed E-state index contributed by atoms with van der Waals surface area (Å²) in [6.45, 7) is 1.12. The number of sulfonamides is 1. The van der Waals surface area contributed by atoms with Crippen molar-refractivity contribution in [3.05, 3.63) is 23.2 Å². The first-order chi connectivity index (χ1) is 9.70. The van der Waals surface area contributed by atoms with Gasteiger partial charge in [0.05, 0.1) is 9.92 Å². The molecule has 1 saturated heterocycles. The Balaban J connectivity index is 0.00000242. The molecule has 2 N–H and O–H groups in total. The van der Waals surface area contributed by atoms with E-state index in [1.165, 1.54) is 12.1 Å². The smallest absolute Gasteiger partial charge is 0.242 e. The molecule has 1 aliphatic rings. The molecule has 0 amide bonds. The molecule has 1 atom stereocenters. The van der Waals surface area contributed by atoms with Crippen molar-refractivity contribution in [2.75, 3.05) is 19.3 Å². The Morgan fingerprint density at radius 1 is 1.32 bits per heavy atom. The second-order valence-corrected chi connectivity index (χ2v) is 9.17. The maximum absolute atomic E-state index is 12.3. The summed E-state index contributed by atoms with van der Waals surface area (Å²) >= 11 is 5.90. The van der Waals surface area contributed by atoms with E-state index in [9.17, 15) is 16.8 Å². The second kappa shape index (κ2) is 7.46. The first-order valence-corrected chi connectivity index (χ1v) is 10.2. The molecule has 0 saturated carbocycles. The number of nitrogens with one attached hydrogen (secondary N) is 2. The summed E-state index contributed by atoms with van der Waals surface area (Å²) in [5.74, 6) is 0. The predicted octanol–water partition coefficient (Wildman–Crippen LogP) is 1.20. The van der Waals surface area contributed by atoms with Gasteiger partial charge in [-0.3, -0.25) is 0 Å². The highest BCUT2D eigenvalue weighted by molar-refractivity contribution is 7.91. The minimum Gasteiger partial charge on any atom is -0.313 e. The van der Waals surface area contributed by atoms with E-state index in [1.807, 2.05) is 0 Å². The van der Waals surface area contributed by atoms with E-state index in [2.05, 4.69) is 10.0 Å². The zero-order chi connectivity index (χ0) is 15.7. The topological polar surface area (TPSA) is 92.3 Å². The molecular weight excluding hydrogens is 371 g/mol. The van der Waals surface area contributed by atoms with E-state index in [0.29, 0.717) is 0 Å². The zero-order valence-electron chi connectivity index (χ0n) is 11.9. The zero-order valence-corrected chi connectivity index (χ0v) is 15.1. The molecule has 1 fully saturated rings. The van der Waals surface area contributed by atoms with Crippen molar-refractivity contribution in [3.63, 3.8) is 0 Å². The van der Waals surface area contributed by atoms with Crippen LogP contribution in [0.15, 0.2) is 28.0 Å². The van der Waals surface area contributed by atoms with Crippen LogP contribution in [0.2, 0.25) is 5.02 Å². The van der Waals surface area contributed by atoms with E-state index in [0.717, 1.165) is 31.7 Å². The van der Waals surface area contributed by atoms with Gasteiger partial charge >= 0.3 is 0 Å². The van der Waals surface area contributed by atoms with Crippen molar-refractivity contribution < 1.29 is 16.8 Å². The van der Waals surface area contributed by atoms with Crippen molar-refractivity contribution in [1.29, 1.82) is 0 Å². The summed E-state index contributed by atoms with van der Waals surface area (Å²) in [6.07, 6.45) is 2.93. The molecule has 1 aromatic carbocycles. The van der Waals surface area contributed by atoms with Gasteiger partial charge in [-0.25, -0.2) is 21.6 Å². The van der Waals surface area contributed by atoms with Gasteiger partial charge in [-0.2, -0.15) is 0 Å². The van der Waals surface area contributed by atoms with Crippen LogP contribution >= 0.6 is 24.0 Å². The van der Waals surface area contributed by atoms with Crippen molar-refractivity contribution in [1.82, 2.24) is 10.0 Å². The monoisotopic (exact) mass is 388 g/mol. The van der Waals surface area contributed by atoms with E-state index in [4.69, 9.17) is 11.6 Å². The molecule has 0 radical (unpaired) electrons. The number of hydrogen-bond donors (Lipinski definition) is 2. The van der Waals surface area contributed by atoms with Crippen LogP contribution in [0.25, 0.3) is 0 Å². The fourth-order valence-electron chi connectivity index (χ4n) is 2.14. The van der Waals surface area contributed by atoms with Crippen LogP contribution < -0.4 is 10.0 Å².